The molecule has 0 saturated heterocycles. The Morgan fingerprint density at radius 1 is 1.14 bits per heavy atom. The number of fused-ring (bicyclic) bond motifs is 3. The molecule has 6 heteroatoms. The molecule has 0 aliphatic heterocycles. The monoisotopic (exact) mass is 379 g/mol. The minimum absolute atomic E-state index is 0.140. The molecule has 1 N–H and O–H groups in total. The Balaban J connectivity index is 1.56. The maximum atomic E-state index is 12.3. The van der Waals surface area contributed by atoms with Gasteiger partial charge in [0.1, 0.15) is 17.1 Å². The number of carbonyl (C=O) groups excluding carboxylic acids is 1. The number of nitrogens with one attached hydrogen (secondary N) is 1. The highest BCUT2D eigenvalue weighted by atomic mass is 16.5. The van der Waals surface area contributed by atoms with Gasteiger partial charge < -0.3 is 19.2 Å². The zero-order valence-electron chi connectivity index (χ0n) is 15.8. The summed E-state index contributed by atoms with van der Waals surface area (Å²) in [6, 6.07) is 10.8. The lowest BCUT2D eigenvalue weighted by Crippen LogP contribution is -2.20. The van der Waals surface area contributed by atoms with Crippen LogP contribution in [0.3, 0.4) is 0 Å². The first-order chi connectivity index (χ1) is 13.5. The zero-order chi connectivity index (χ0) is 19.7. The van der Waals surface area contributed by atoms with Crippen LogP contribution in [0.5, 0.6) is 11.5 Å². The maximum Gasteiger partial charge on any atom is 0.339 e. The standard InChI is InChI=1S/C22H21NO5/c1-13-10-18(21-16-4-3-5-17(16)22(25)28-19(21)11-13)27-12-20(24)23-14-6-8-15(26-2)9-7-14/h6-11H,3-5,12H2,1-2H3,(H,23,24). The highest BCUT2D eigenvalue weighted by Crippen LogP contribution is 2.35. The van der Waals surface area contributed by atoms with Gasteiger partial charge in [-0.15, -0.1) is 0 Å². The summed E-state index contributed by atoms with van der Waals surface area (Å²) in [4.78, 5) is 24.5. The fourth-order valence-corrected chi connectivity index (χ4v) is 3.63. The van der Waals surface area contributed by atoms with Crippen LogP contribution in [0.1, 0.15) is 23.1 Å². The quantitative estimate of drug-likeness (QED) is 0.685. The number of benzene rings is 2. The van der Waals surface area contributed by atoms with Crippen molar-refractivity contribution in [1.29, 1.82) is 0 Å². The Hall–Kier alpha value is -3.28. The normalized spacial score (nSPS) is 12.6. The van der Waals surface area contributed by atoms with Crippen LogP contribution in [0.4, 0.5) is 5.69 Å². The van der Waals surface area contributed by atoms with Crippen molar-refractivity contribution in [3.63, 3.8) is 0 Å². The van der Waals surface area contributed by atoms with E-state index in [0.29, 0.717) is 17.0 Å². The second-order valence-corrected chi connectivity index (χ2v) is 6.90. The first-order valence-electron chi connectivity index (χ1n) is 9.21. The number of amides is 1. The predicted molar refractivity (Wildman–Crippen MR) is 106 cm³/mol. The smallest absolute Gasteiger partial charge is 0.339 e. The van der Waals surface area contributed by atoms with Crippen LogP contribution < -0.4 is 20.4 Å². The number of aryl methyl sites for hydroxylation is 2. The number of hydrogen-bond acceptors (Lipinski definition) is 5. The topological polar surface area (TPSA) is 77.8 Å². The second-order valence-electron chi connectivity index (χ2n) is 6.90. The molecule has 3 aromatic rings. The van der Waals surface area contributed by atoms with E-state index < -0.39 is 0 Å². The van der Waals surface area contributed by atoms with E-state index in [-0.39, 0.29) is 18.1 Å². The second kappa shape index (κ2) is 7.38. The number of anilines is 1. The molecule has 6 nitrogen and oxygen atoms in total. The Morgan fingerprint density at radius 2 is 1.89 bits per heavy atom. The molecule has 1 aliphatic rings. The number of rotatable bonds is 5. The first-order valence-corrected chi connectivity index (χ1v) is 9.21. The van der Waals surface area contributed by atoms with Gasteiger partial charge in [0.25, 0.3) is 5.91 Å². The molecular weight excluding hydrogens is 358 g/mol. The van der Waals surface area contributed by atoms with Crippen LogP contribution in [0.15, 0.2) is 45.6 Å². The van der Waals surface area contributed by atoms with Crippen molar-refractivity contribution in [2.24, 2.45) is 0 Å². The number of ether oxygens (including phenoxy) is 2. The summed E-state index contributed by atoms with van der Waals surface area (Å²) in [7, 11) is 1.59. The third kappa shape index (κ3) is 3.45. The van der Waals surface area contributed by atoms with Crippen molar-refractivity contribution in [2.45, 2.75) is 26.2 Å². The van der Waals surface area contributed by atoms with Gasteiger partial charge in [-0.1, -0.05) is 0 Å². The summed E-state index contributed by atoms with van der Waals surface area (Å²) < 4.78 is 16.5. The van der Waals surface area contributed by atoms with Crippen LogP contribution in [0.25, 0.3) is 11.0 Å². The fraction of sp³-hybridized carbons (Fsp3) is 0.273. The summed E-state index contributed by atoms with van der Waals surface area (Å²) in [6.45, 7) is 1.76. The number of methoxy groups -OCH3 is 1. The Kier molecular flexibility index (Phi) is 4.77. The molecule has 144 valence electrons. The van der Waals surface area contributed by atoms with Gasteiger partial charge >= 0.3 is 5.63 Å². The molecule has 4 rings (SSSR count). The Morgan fingerprint density at radius 3 is 2.64 bits per heavy atom. The molecule has 28 heavy (non-hydrogen) atoms. The molecule has 2 aromatic carbocycles. The summed E-state index contributed by atoms with van der Waals surface area (Å²) in [5.41, 5.74) is 3.51. The molecule has 0 radical (unpaired) electrons. The van der Waals surface area contributed by atoms with Crippen molar-refractivity contribution in [2.75, 3.05) is 19.0 Å². The molecule has 0 saturated carbocycles. The van der Waals surface area contributed by atoms with Gasteiger partial charge in [-0.2, -0.15) is 0 Å². The van der Waals surface area contributed by atoms with Gasteiger partial charge in [-0.3, -0.25) is 4.79 Å². The van der Waals surface area contributed by atoms with E-state index in [1.54, 1.807) is 31.4 Å². The molecule has 0 atom stereocenters. The molecule has 0 unspecified atom stereocenters. The Bertz CT molecular complexity index is 1100. The van der Waals surface area contributed by atoms with Crippen molar-refractivity contribution < 1.29 is 18.7 Å². The van der Waals surface area contributed by atoms with Crippen molar-refractivity contribution in [3.05, 3.63) is 63.5 Å². The van der Waals surface area contributed by atoms with Gasteiger partial charge in [-0.05, 0) is 73.7 Å². The fourth-order valence-electron chi connectivity index (χ4n) is 3.63. The summed E-state index contributed by atoms with van der Waals surface area (Å²) >= 11 is 0. The highest BCUT2D eigenvalue weighted by Gasteiger charge is 2.22. The lowest BCUT2D eigenvalue weighted by Gasteiger charge is -2.13. The molecule has 0 spiro atoms. The van der Waals surface area contributed by atoms with Gasteiger partial charge in [-0.25, -0.2) is 4.79 Å². The van der Waals surface area contributed by atoms with Crippen LogP contribution in [-0.2, 0) is 17.6 Å². The number of carbonyl (C=O) groups is 1. The van der Waals surface area contributed by atoms with Crippen molar-refractivity contribution in [3.8, 4) is 11.5 Å². The Labute approximate surface area is 162 Å². The molecule has 1 aromatic heterocycles. The van der Waals surface area contributed by atoms with Gasteiger partial charge in [0.2, 0.25) is 0 Å². The van der Waals surface area contributed by atoms with Crippen LogP contribution in [-0.4, -0.2) is 19.6 Å². The SMILES string of the molecule is COc1ccc(NC(=O)COc2cc(C)cc3oc(=O)c4c(c23)CCC4)cc1. The highest BCUT2D eigenvalue weighted by molar-refractivity contribution is 5.93. The van der Waals surface area contributed by atoms with E-state index in [0.717, 1.165) is 47.1 Å². The summed E-state index contributed by atoms with van der Waals surface area (Å²) in [6.07, 6.45) is 2.46. The zero-order valence-corrected chi connectivity index (χ0v) is 15.8. The van der Waals surface area contributed by atoms with Crippen LogP contribution in [0, 0.1) is 6.92 Å². The van der Waals surface area contributed by atoms with E-state index in [1.165, 1.54) is 0 Å². The molecular formula is C22H21NO5. The third-order valence-electron chi connectivity index (χ3n) is 4.91. The molecule has 1 aliphatic carbocycles. The number of hydrogen-bond donors (Lipinski definition) is 1. The molecule has 0 bridgehead atoms. The van der Waals surface area contributed by atoms with E-state index in [2.05, 4.69) is 5.32 Å². The van der Waals surface area contributed by atoms with E-state index in [9.17, 15) is 9.59 Å². The third-order valence-corrected chi connectivity index (χ3v) is 4.91. The van der Waals surface area contributed by atoms with Crippen molar-refractivity contribution in [1.82, 2.24) is 0 Å². The van der Waals surface area contributed by atoms with Gasteiger partial charge in [0.05, 0.1) is 12.5 Å². The largest absolute Gasteiger partial charge is 0.497 e. The molecule has 1 heterocycles. The van der Waals surface area contributed by atoms with Gasteiger partial charge in [0.15, 0.2) is 6.61 Å². The average Bonchev–Trinajstić information content (AvgIpc) is 3.17. The molecule has 1 amide bonds. The minimum Gasteiger partial charge on any atom is -0.497 e. The predicted octanol–water partition coefficient (Wildman–Crippen LogP) is 3.62. The van der Waals surface area contributed by atoms with E-state index in [1.807, 2.05) is 19.1 Å². The lowest BCUT2D eigenvalue weighted by atomic mass is 10.0. The molecule has 0 fully saturated rings. The summed E-state index contributed by atoms with van der Waals surface area (Å²) in [5.74, 6) is 1.02. The van der Waals surface area contributed by atoms with Crippen LogP contribution in [0.2, 0.25) is 0 Å². The van der Waals surface area contributed by atoms with Crippen LogP contribution >= 0.6 is 0 Å². The maximum absolute atomic E-state index is 12.3. The minimum atomic E-state index is -0.270. The lowest BCUT2D eigenvalue weighted by molar-refractivity contribution is -0.118. The van der Waals surface area contributed by atoms with Gasteiger partial charge in [0, 0.05) is 11.3 Å². The van der Waals surface area contributed by atoms with E-state index >= 15 is 0 Å². The van der Waals surface area contributed by atoms with E-state index in [4.69, 9.17) is 13.9 Å². The first kappa shape index (κ1) is 18.1. The average molecular weight is 379 g/mol. The van der Waals surface area contributed by atoms with Crippen molar-refractivity contribution >= 4 is 22.6 Å². The summed E-state index contributed by atoms with van der Waals surface area (Å²) in [5, 5.41) is 3.60.